The largest absolute Gasteiger partial charge is 0.381 e. The van der Waals surface area contributed by atoms with Crippen LogP contribution in [0.15, 0.2) is 36.7 Å². The third kappa shape index (κ3) is 2.93. The summed E-state index contributed by atoms with van der Waals surface area (Å²) in [6.45, 7) is 7.33. The van der Waals surface area contributed by atoms with Gasteiger partial charge in [0.05, 0.1) is 5.52 Å². The molecule has 0 fully saturated rings. The molecule has 0 spiro atoms. The lowest BCUT2D eigenvalue weighted by atomic mass is 9.88. The first-order valence-electron chi connectivity index (χ1n) is 7.41. The molecule has 0 aliphatic carbocycles. The molecular weight excluding hydrogens is 274 g/mol. The summed E-state index contributed by atoms with van der Waals surface area (Å²) in [7, 11) is 1.89. The summed E-state index contributed by atoms with van der Waals surface area (Å²) in [5, 5.41) is 11.6. The van der Waals surface area contributed by atoms with E-state index in [0.29, 0.717) is 0 Å². The van der Waals surface area contributed by atoms with Gasteiger partial charge in [-0.2, -0.15) is 0 Å². The van der Waals surface area contributed by atoms with Crippen molar-refractivity contribution in [3.8, 4) is 0 Å². The van der Waals surface area contributed by atoms with Gasteiger partial charge >= 0.3 is 0 Å². The molecule has 0 atom stereocenters. The molecule has 0 bridgehead atoms. The van der Waals surface area contributed by atoms with Crippen LogP contribution in [0.4, 0.5) is 5.69 Å². The molecule has 0 saturated carbocycles. The Morgan fingerprint density at radius 3 is 2.73 bits per heavy atom. The maximum atomic E-state index is 4.35. The van der Waals surface area contributed by atoms with Crippen molar-refractivity contribution in [1.82, 2.24) is 20.0 Å². The van der Waals surface area contributed by atoms with Gasteiger partial charge in [0.2, 0.25) is 0 Å². The average Bonchev–Trinajstić information content (AvgIpc) is 2.86. The number of hydrogen-bond acceptors (Lipinski definition) is 4. The fourth-order valence-corrected chi connectivity index (χ4v) is 2.35. The van der Waals surface area contributed by atoms with Crippen molar-refractivity contribution in [2.75, 3.05) is 5.32 Å². The van der Waals surface area contributed by atoms with E-state index in [1.54, 1.807) is 4.68 Å². The maximum Gasteiger partial charge on any atom is 0.115 e. The Labute approximate surface area is 130 Å². The molecule has 2 heterocycles. The van der Waals surface area contributed by atoms with Crippen molar-refractivity contribution in [3.05, 3.63) is 47.8 Å². The fraction of sp³-hybridized carbons (Fsp3) is 0.353. The Morgan fingerprint density at radius 1 is 1.14 bits per heavy atom. The normalized spacial score (nSPS) is 11.8. The molecule has 0 radical (unpaired) electrons. The predicted molar refractivity (Wildman–Crippen MR) is 88.8 cm³/mol. The highest BCUT2D eigenvalue weighted by Crippen LogP contribution is 2.22. The van der Waals surface area contributed by atoms with Gasteiger partial charge in [-0.3, -0.25) is 4.98 Å². The highest BCUT2D eigenvalue weighted by atomic mass is 15.4. The van der Waals surface area contributed by atoms with Crippen LogP contribution in [-0.4, -0.2) is 20.0 Å². The number of anilines is 1. The fourth-order valence-electron chi connectivity index (χ4n) is 2.35. The third-order valence-electron chi connectivity index (χ3n) is 3.77. The van der Waals surface area contributed by atoms with Crippen LogP contribution in [0.2, 0.25) is 0 Å². The molecule has 0 saturated heterocycles. The summed E-state index contributed by atoms with van der Waals surface area (Å²) in [4.78, 5) is 4.35. The standard InChI is InChI=1S/C17H21N5/c1-17(2,3)13-7-12(9-18-11-13)10-19-14-5-6-16-15(8-14)20-21-22(16)4/h5-9,11,19H,10H2,1-4H3. The van der Waals surface area contributed by atoms with E-state index in [4.69, 9.17) is 0 Å². The molecule has 0 amide bonds. The Morgan fingerprint density at radius 2 is 1.95 bits per heavy atom. The van der Waals surface area contributed by atoms with Crippen LogP contribution in [0, 0.1) is 0 Å². The van der Waals surface area contributed by atoms with Gasteiger partial charge < -0.3 is 5.32 Å². The van der Waals surface area contributed by atoms with Crippen LogP contribution in [0.3, 0.4) is 0 Å². The first-order valence-corrected chi connectivity index (χ1v) is 7.41. The zero-order valence-electron chi connectivity index (χ0n) is 13.5. The van der Waals surface area contributed by atoms with Gasteiger partial charge in [-0.25, -0.2) is 4.68 Å². The van der Waals surface area contributed by atoms with Gasteiger partial charge in [-0.1, -0.05) is 32.1 Å². The average molecular weight is 295 g/mol. The Kier molecular flexibility index (Phi) is 3.56. The summed E-state index contributed by atoms with van der Waals surface area (Å²) < 4.78 is 1.77. The molecule has 0 unspecified atom stereocenters. The highest BCUT2D eigenvalue weighted by molar-refractivity contribution is 5.78. The number of hydrogen-bond donors (Lipinski definition) is 1. The van der Waals surface area contributed by atoms with Crippen LogP contribution in [0.25, 0.3) is 11.0 Å². The number of aromatic nitrogens is 4. The van der Waals surface area contributed by atoms with Crippen molar-refractivity contribution in [2.45, 2.75) is 32.7 Å². The van der Waals surface area contributed by atoms with Crippen LogP contribution in [0.5, 0.6) is 0 Å². The SMILES string of the molecule is Cn1nnc2cc(NCc3cncc(C(C)(C)C)c3)ccc21. The Bertz CT molecular complexity index is 798. The molecule has 3 aromatic rings. The molecule has 22 heavy (non-hydrogen) atoms. The number of aryl methyl sites for hydroxylation is 1. The van der Waals surface area contributed by atoms with Crippen molar-refractivity contribution >= 4 is 16.7 Å². The monoisotopic (exact) mass is 295 g/mol. The molecule has 2 aromatic heterocycles. The summed E-state index contributed by atoms with van der Waals surface area (Å²) in [5.41, 5.74) is 5.50. The Hall–Kier alpha value is -2.43. The Balaban J connectivity index is 1.76. The van der Waals surface area contributed by atoms with E-state index in [2.05, 4.69) is 47.5 Å². The highest BCUT2D eigenvalue weighted by Gasteiger charge is 2.14. The lowest BCUT2D eigenvalue weighted by Crippen LogP contribution is -2.12. The van der Waals surface area contributed by atoms with Gasteiger partial charge in [0.25, 0.3) is 0 Å². The minimum absolute atomic E-state index is 0.113. The molecule has 5 heteroatoms. The summed E-state index contributed by atoms with van der Waals surface area (Å²) in [6, 6.07) is 8.30. The second-order valence-corrected chi connectivity index (χ2v) is 6.60. The minimum atomic E-state index is 0.113. The lowest BCUT2D eigenvalue weighted by Gasteiger charge is -2.19. The van der Waals surface area contributed by atoms with E-state index >= 15 is 0 Å². The van der Waals surface area contributed by atoms with E-state index in [1.807, 2.05) is 37.6 Å². The van der Waals surface area contributed by atoms with Crippen LogP contribution >= 0.6 is 0 Å². The number of nitrogens with one attached hydrogen (secondary N) is 1. The van der Waals surface area contributed by atoms with Crippen LogP contribution in [0.1, 0.15) is 31.9 Å². The predicted octanol–water partition coefficient (Wildman–Crippen LogP) is 3.27. The third-order valence-corrected chi connectivity index (χ3v) is 3.77. The minimum Gasteiger partial charge on any atom is -0.381 e. The van der Waals surface area contributed by atoms with E-state index < -0.39 is 0 Å². The summed E-state index contributed by atoms with van der Waals surface area (Å²) in [5.74, 6) is 0. The molecule has 1 aromatic carbocycles. The zero-order valence-corrected chi connectivity index (χ0v) is 13.5. The number of nitrogens with zero attached hydrogens (tertiary/aromatic N) is 4. The molecule has 0 aliphatic rings. The summed E-state index contributed by atoms with van der Waals surface area (Å²) in [6.07, 6.45) is 3.85. The number of pyridine rings is 1. The van der Waals surface area contributed by atoms with Crippen LogP contribution < -0.4 is 5.32 Å². The van der Waals surface area contributed by atoms with Crippen molar-refractivity contribution < 1.29 is 0 Å². The molecule has 3 rings (SSSR count). The van der Waals surface area contributed by atoms with Crippen molar-refractivity contribution in [3.63, 3.8) is 0 Å². The van der Waals surface area contributed by atoms with Crippen molar-refractivity contribution in [1.29, 1.82) is 0 Å². The molecule has 0 aliphatic heterocycles. The quantitative estimate of drug-likeness (QED) is 0.805. The second-order valence-electron chi connectivity index (χ2n) is 6.60. The van der Waals surface area contributed by atoms with E-state index in [-0.39, 0.29) is 5.41 Å². The topological polar surface area (TPSA) is 55.6 Å². The van der Waals surface area contributed by atoms with Gasteiger partial charge in [0.15, 0.2) is 0 Å². The summed E-state index contributed by atoms with van der Waals surface area (Å²) >= 11 is 0. The van der Waals surface area contributed by atoms with Crippen molar-refractivity contribution in [2.24, 2.45) is 7.05 Å². The van der Waals surface area contributed by atoms with Crippen LogP contribution in [-0.2, 0) is 19.0 Å². The zero-order chi connectivity index (χ0) is 15.7. The first kappa shape index (κ1) is 14.5. The van der Waals surface area contributed by atoms with Gasteiger partial charge in [0, 0.05) is 31.7 Å². The maximum absolute atomic E-state index is 4.35. The van der Waals surface area contributed by atoms with E-state index in [9.17, 15) is 0 Å². The number of rotatable bonds is 3. The van der Waals surface area contributed by atoms with Gasteiger partial charge in [-0.15, -0.1) is 5.10 Å². The number of fused-ring (bicyclic) bond motifs is 1. The number of benzene rings is 1. The van der Waals surface area contributed by atoms with E-state index in [1.165, 1.54) is 11.1 Å². The molecule has 1 N–H and O–H groups in total. The second kappa shape index (κ2) is 5.40. The smallest absolute Gasteiger partial charge is 0.115 e. The van der Waals surface area contributed by atoms with Gasteiger partial charge in [-0.05, 0) is 34.7 Å². The van der Waals surface area contributed by atoms with Gasteiger partial charge in [0.1, 0.15) is 5.52 Å². The molecule has 5 nitrogen and oxygen atoms in total. The lowest BCUT2D eigenvalue weighted by molar-refractivity contribution is 0.586. The first-order chi connectivity index (χ1) is 10.4. The molecule has 114 valence electrons. The molecular formula is C17H21N5. The van der Waals surface area contributed by atoms with E-state index in [0.717, 1.165) is 23.3 Å².